The van der Waals surface area contributed by atoms with Crippen LogP contribution in [0, 0.1) is 0 Å². The fourth-order valence-corrected chi connectivity index (χ4v) is 2.18. The van der Waals surface area contributed by atoms with Crippen molar-refractivity contribution in [1.29, 1.82) is 0 Å². The second kappa shape index (κ2) is 6.13. The molecule has 5 nitrogen and oxygen atoms in total. The average molecular weight is 293 g/mol. The first-order valence-corrected chi connectivity index (χ1v) is 6.83. The number of methoxy groups -OCH3 is 1. The van der Waals surface area contributed by atoms with Gasteiger partial charge in [-0.1, -0.05) is 36.4 Å². The maximum Gasteiger partial charge on any atom is 0.260 e. The molecule has 1 heterocycles. The molecule has 3 aromatic rings. The normalized spacial score (nSPS) is 10.2. The Kier molecular flexibility index (Phi) is 3.87. The van der Waals surface area contributed by atoms with Crippen LogP contribution in [-0.4, -0.2) is 17.1 Å². The molecule has 0 unspecified atom stereocenters. The minimum absolute atomic E-state index is 0.224. The number of H-pyrrole nitrogens is 1. The van der Waals surface area contributed by atoms with Crippen molar-refractivity contribution in [3.8, 4) is 16.9 Å². The van der Waals surface area contributed by atoms with Crippen LogP contribution in [0.1, 0.15) is 0 Å². The highest BCUT2D eigenvalue weighted by Gasteiger charge is 2.10. The van der Waals surface area contributed by atoms with Crippen molar-refractivity contribution in [2.45, 2.75) is 0 Å². The van der Waals surface area contributed by atoms with Crippen LogP contribution in [0.2, 0.25) is 0 Å². The largest absolute Gasteiger partial charge is 0.496 e. The summed E-state index contributed by atoms with van der Waals surface area (Å²) in [5.41, 5.74) is 1.81. The standard InChI is InChI=1S/C17H15N3O2/c1-22-15-10-6-5-9-13(15)14-11-18-17(20-16(14)21)19-12-7-3-2-4-8-12/h2-11H,1H3,(H2,18,19,20,21). The first-order chi connectivity index (χ1) is 10.8. The Balaban J connectivity index is 1.94. The Bertz CT molecular complexity index is 829. The number of aromatic amines is 1. The molecule has 0 amide bonds. The topological polar surface area (TPSA) is 67.0 Å². The molecule has 2 N–H and O–H groups in total. The van der Waals surface area contributed by atoms with Crippen molar-refractivity contribution in [2.75, 3.05) is 12.4 Å². The van der Waals surface area contributed by atoms with Crippen molar-refractivity contribution in [1.82, 2.24) is 9.97 Å². The quantitative estimate of drug-likeness (QED) is 0.775. The molecule has 0 saturated carbocycles. The number of hydrogen-bond donors (Lipinski definition) is 2. The van der Waals surface area contributed by atoms with Crippen LogP contribution < -0.4 is 15.6 Å². The zero-order valence-corrected chi connectivity index (χ0v) is 12.0. The minimum Gasteiger partial charge on any atom is -0.496 e. The molecule has 110 valence electrons. The summed E-state index contributed by atoms with van der Waals surface area (Å²) in [4.78, 5) is 19.3. The number of rotatable bonds is 4. The Morgan fingerprint density at radius 2 is 1.73 bits per heavy atom. The van der Waals surface area contributed by atoms with Gasteiger partial charge < -0.3 is 10.1 Å². The van der Waals surface area contributed by atoms with Crippen LogP contribution in [0.5, 0.6) is 5.75 Å². The van der Waals surface area contributed by atoms with Crippen LogP contribution in [0.4, 0.5) is 11.6 Å². The van der Waals surface area contributed by atoms with E-state index in [2.05, 4.69) is 15.3 Å². The number of benzene rings is 2. The summed E-state index contributed by atoms with van der Waals surface area (Å²) in [7, 11) is 1.58. The van der Waals surface area contributed by atoms with Crippen LogP contribution >= 0.6 is 0 Å². The lowest BCUT2D eigenvalue weighted by Gasteiger charge is -2.09. The van der Waals surface area contributed by atoms with E-state index < -0.39 is 0 Å². The van der Waals surface area contributed by atoms with E-state index in [0.717, 1.165) is 5.69 Å². The fourth-order valence-electron chi connectivity index (χ4n) is 2.18. The maximum absolute atomic E-state index is 12.3. The Morgan fingerprint density at radius 3 is 2.45 bits per heavy atom. The van der Waals surface area contributed by atoms with Crippen LogP contribution in [0.25, 0.3) is 11.1 Å². The molecule has 22 heavy (non-hydrogen) atoms. The smallest absolute Gasteiger partial charge is 0.260 e. The van der Waals surface area contributed by atoms with Gasteiger partial charge in [0.25, 0.3) is 5.56 Å². The minimum atomic E-state index is -0.224. The summed E-state index contributed by atoms with van der Waals surface area (Å²) < 4.78 is 5.28. The third-order valence-corrected chi connectivity index (χ3v) is 3.23. The number of aromatic nitrogens is 2. The maximum atomic E-state index is 12.3. The van der Waals surface area contributed by atoms with Gasteiger partial charge in [-0.25, -0.2) is 4.98 Å². The molecule has 1 aromatic heterocycles. The van der Waals surface area contributed by atoms with E-state index >= 15 is 0 Å². The summed E-state index contributed by atoms with van der Waals surface area (Å²) in [6.45, 7) is 0. The van der Waals surface area contributed by atoms with E-state index in [4.69, 9.17) is 4.74 Å². The van der Waals surface area contributed by atoms with Gasteiger partial charge in [0, 0.05) is 17.4 Å². The molecule has 3 rings (SSSR count). The van der Waals surface area contributed by atoms with Crippen molar-refractivity contribution >= 4 is 11.6 Å². The second-order valence-corrected chi connectivity index (χ2v) is 4.67. The summed E-state index contributed by atoms with van der Waals surface area (Å²) in [6.07, 6.45) is 1.54. The van der Waals surface area contributed by atoms with Crippen LogP contribution in [0.15, 0.2) is 65.6 Å². The van der Waals surface area contributed by atoms with E-state index in [1.165, 1.54) is 0 Å². The predicted molar refractivity (Wildman–Crippen MR) is 86.6 cm³/mol. The van der Waals surface area contributed by atoms with Crippen LogP contribution in [-0.2, 0) is 0 Å². The Hall–Kier alpha value is -3.08. The number of para-hydroxylation sites is 2. The zero-order valence-electron chi connectivity index (χ0n) is 12.0. The lowest BCUT2D eigenvalue weighted by Crippen LogP contribution is -2.13. The van der Waals surface area contributed by atoms with Gasteiger partial charge in [0.2, 0.25) is 5.95 Å². The van der Waals surface area contributed by atoms with E-state index in [0.29, 0.717) is 22.8 Å². The Labute approximate surface area is 127 Å². The van der Waals surface area contributed by atoms with E-state index in [-0.39, 0.29) is 5.56 Å². The number of hydrogen-bond acceptors (Lipinski definition) is 4. The van der Waals surface area contributed by atoms with Gasteiger partial charge in [-0.3, -0.25) is 9.78 Å². The predicted octanol–water partition coefficient (Wildman–Crippen LogP) is 3.19. The summed E-state index contributed by atoms with van der Waals surface area (Å²) >= 11 is 0. The van der Waals surface area contributed by atoms with Gasteiger partial charge in [0.05, 0.1) is 12.7 Å². The highest BCUT2D eigenvalue weighted by molar-refractivity contribution is 5.69. The molecule has 0 bridgehead atoms. The van der Waals surface area contributed by atoms with Crippen molar-refractivity contribution in [3.63, 3.8) is 0 Å². The molecule has 0 aliphatic rings. The number of nitrogens with one attached hydrogen (secondary N) is 2. The molecule has 5 heteroatoms. The second-order valence-electron chi connectivity index (χ2n) is 4.67. The molecule has 2 aromatic carbocycles. The first kappa shape index (κ1) is 13.9. The highest BCUT2D eigenvalue weighted by atomic mass is 16.5. The molecule has 0 spiro atoms. The number of ether oxygens (including phenoxy) is 1. The van der Waals surface area contributed by atoms with Gasteiger partial charge >= 0.3 is 0 Å². The third kappa shape index (κ3) is 2.83. The van der Waals surface area contributed by atoms with Crippen molar-refractivity contribution < 1.29 is 4.74 Å². The number of anilines is 2. The summed E-state index contributed by atoms with van der Waals surface area (Å²) in [5.74, 6) is 1.04. The van der Waals surface area contributed by atoms with Crippen molar-refractivity contribution in [2.24, 2.45) is 0 Å². The molecule has 0 atom stereocenters. The van der Waals surface area contributed by atoms with Crippen LogP contribution in [0.3, 0.4) is 0 Å². The SMILES string of the molecule is COc1ccccc1-c1cnc(Nc2ccccc2)[nH]c1=O. The average Bonchev–Trinajstić information content (AvgIpc) is 2.56. The highest BCUT2D eigenvalue weighted by Crippen LogP contribution is 2.26. The third-order valence-electron chi connectivity index (χ3n) is 3.23. The molecular formula is C17H15N3O2. The van der Waals surface area contributed by atoms with Gasteiger partial charge in [0.1, 0.15) is 5.75 Å². The van der Waals surface area contributed by atoms with E-state index in [1.807, 2.05) is 54.6 Å². The molecule has 0 radical (unpaired) electrons. The zero-order chi connectivity index (χ0) is 15.4. The van der Waals surface area contributed by atoms with Gasteiger partial charge in [-0.05, 0) is 18.2 Å². The monoisotopic (exact) mass is 293 g/mol. The summed E-state index contributed by atoms with van der Waals surface area (Å²) in [5, 5.41) is 3.05. The lowest BCUT2D eigenvalue weighted by molar-refractivity contribution is 0.416. The fraction of sp³-hybridized carbons (Fsp3) is 0.0588. The van der Waals surface area contributed by atoms with E-state index in [9.17, 15) is 4.79 Å². The Morgan fingerprint density at radius 1 is 1.00 bits per heavy atom. The first-order valence-electron chi connectivity index (χ1n) is 6.83. The molecular weight excluding hydrogens is 278 g/mol. The van der Waals surface area contributed by atoms with Gasteiger partial charge in [-0.2, -0.15) is 0 Å². The van der Waals surface area contributed by atoms with Gasteiger partial charge in [0.15, 0.2) is 0 Å². The molecule has 0 aliphatic heterocycles. The molecule has 0 aliphatic carbocycles. The lowest BCUT2D eigenvalue weighted by atomic mass is 10.1. The summed E-state index contributed by atoms with van der Waals surface area (Å²) in [6, 6.07) is 16.9. The number of nitrogens with zero attached hydrogens (tertiary/aromatic N) is 1. The molecule has 0 fully saturated rings. The van der Waals surface area contributed by atoms with Crippen molar-refractivity contribution in [3.05, 3.63) is 71.1 Å². The van der Waals surface area contributed by atoms with Gasteiger partial charge in [-0.15, -0.1) is 0 Å². The molecule has 0 saturated heterocycles. The van der Waals surface area contributed by atoms with E-state index in [1.54, 1.807) is 13.3 Å².